The molecule has 0 saturated heterocycles. The molecule has 2 unspecified atom stereocenters. The third kappa shape index (κ3) is 3.78. The molecule has 4 aliphatic carbocycles. The Labute approximate surface area is 212 Å². The van der Waals surface area contributed by atoms with Crippen LogP contribution in [0.3, 0.4) is 0 Å². The highest BCUT2D eigenvalue weighted by molar-refractivity contribution is 6.05. The normalized spacial score (nSPS) is 25.6. The van der Waals surface area contributed by atoms with E-state index in [1.807, 2.05) is 42.3 Å². The number of nitrogens with one attached hydrogen (secondary N) is 1. The average Bonchev–Trinajstić information content (AvgIpc) is 3.32. The van der Waals surface area contributed by atoms with Gasteiger partial charge in [0.2, 0.25) is 0 Å². The fourth-order valence-electron chi connectivity index (χ4n) is 7.40. The molecule has 0 radical (unpaired) electrons. The molecule has 36 heavy (non-hydrogen) atoms. The van der Waals surface area contributed by atoms with Crippen molar-refractivity contribution < 1.29 is 14.3 Å². The SMILES string of the molecule is COC(=O)c1ccccc1N(C)c1cccc(C(=O)Nc2ccc(C34CC5CC(CC3C5)C4)cc2)c1. The number of benzene rings is 3. The van der Waals surface area contributed by atoms with Crippen molar-refractivity contribution >= 4 is 28.9 Å². The number of ether oxygens (including phenoxy) is 1. The molecule has 0 heterocycles. The van der Waals surface area contributed by atoms with Gasteiger partial charge in [-0.2, -0.15) is 0 Å². The maximum Gasteiger partial charge on any atom is 0.339 e. The summed E-state index contributed by atoms with van der Waals surface area (Å²) < 4.78 is 4.93. The molecular weight excluding hydrogens is 448 g/mol. The van der Waals surface area contributed by atoms with Crippen molar-refractivity contribution in [2.45, 2.75) is 37.5 Å². The Morgan fingerprint density at radius 1 is 0.917 bits per heavy atom. The summed E-state index contributed by atoms with van der Waals surface area (Å²) in [5.74, 6) is 2.15. The first-order valence-corrected chi connectivity index (χ1v) is 12.9. The van der Waals surface area contributed by atoms with Crippen LogP contribution in [0.1, 0.15) is 58.4 Å². The number of methoxy groups -OCH3 is 1. The zero-order chi connectivity index (χ0) is 24.9. The van der Waals surface area contributed by atoms with E-state index < -0.39 is 5.97 Å². The van der Waals surface area contributed by atoms with Crippen LogP contribution in [0.5, 0.6) is 0 Å². The van der Waals surface area contributed by atoms with Crippen molar-refractivity contribution in [3.8, 4) is 0 Å². The average molecular weight is 481 g/mol. The minimum atomic E-state index is -0.395. The first-order chi connectivity index (χ1) is 17.5. The summed E-state index contributed by atoms with van der Waals surface area (Å²) in [6.07, 6.45) is 6.95. The monoisotopic (exact) mass is 480 g/mol. The van der Waals surface area contributed by atoms with Crippen LogP contribution in [-0.2, 0) is 10.2 Å². The number of esters is 1. The van der Waals surface area contributed by atoms with Crippen LogP contribution < -0.4 is 10.2 Å². The standard InChI is InChI=1S/C31H32N2O3/c1-33(28-9-4-3-8-27(28)30(35)36-2)26-7-5-6-22(17-26)29(34)32-25-12-10-23(11-13-25)31-18-20-14-21(19-31)16-24(31)15-20/h3-13,17,20-21,24H,14-16,18-19H2,1-2H3,(H,32,34). The Morgan fingerprint density at radius 3 is 2.36 bits per heavy atom. The highest BCUT2D eigenvalue weighted by Crippen LogP contribution is 2.65. The van der Waals surface area contributed by atoms with Crippen LogP contribution in [0, 0.1) is 17.8 Å². The summed E-state index contributed by atoms with van der Waals surface area (Å²) in [6.45, 7) is 0. The van der Waals surface area contributed by atoms with E-state index in [0.717, 1.165) is 29.1 Å². The molecule has 4 saturated carbocycles. The van der Waals surface area contributed by atoms with Crippen molar-refractivity contribution in [1.29, 1.82) is 0 Å². The quantitative estimate of drug-likeness (QED) is 0.405. The van der Waals surface area contributed by atoms with E-state index in [9.17, 15) is 9.59 Å². The molecular formula is C31H32N2O3. The van der Waals surface area contributed by atoms with E-state index in [1.54, 1.807) is 18.2 Å². The highest BCUT2D eigenvalue weighted by atomic mass is 16.5. The molecule has 1 amide bonds. The van der Waals surface area contributed by atoms with Crippen LogP contribution in [-0.4, -0.2) is 26.0 Å². The van der Waals surface area contributed by atoms with Gasteiger partial charge >= 0.3 is 5.97 Å². The fourth-order valence-corrected chi connectivity index (χ4v) is 7.40. The Hall–Kier alpha value is -3.60. The molecule has 3 aromatic rings. The molecule has 5 heteroatoms. The minimum Gasteiger partial charge on any atom is -0.465 e. The summed E-state index contributed by atoms with van der Waals surface area (Å²) >= 11 is 0. The Bertz CT molecular complexity index is 1300. The number of rotatable bonds is 6. The minimum absolute atomic E-state index is 0.154. The number of para-hydroxylation sites is 1. The second-order valence-corrected chi connectivity index (χ2v) is 10.9. The summed E-state index contributed by atoms with van der Waals surface area (Å²) in [6, 6.07) is 23.3. The largest absolute Gasteiger partial charge is 0.465 e. The molecule has 0 aliphatic heterocycles. The number of carbonyl (C=O) groups excluding carboxylic acids is 2. The Balaban J connectivity index is 1.18. The van der Waals surface area contributed by atoms with Gasteiger partial charge in [0.15, 0.2) is 0 Å². The predicted molar refractivity (Wildman–Crippen MR) is 142 cm³/mol. The van der Waals surface area contributed by atoms with Crippen molar-refractivity contribution in [2.24, 2.45) is 17.8 Å². The van der Waals surface area contributed by atoms with Gasteiger partial charge in [0, 0.05) is 24.0 Å². The van der Waals surface area contributed by atoms with Gasteiger partial charge in [-0.05, 0) is 103 Å². The van der Waals surface area contributed by atoms with Gasteiger partial charge in [-0.15, -0.1) is 0 Å². The molecule has 4 aliphatic rings. The van der Waals surface area contributed by atoms with E-state index >= 15 is 0 Å². The van der Waals surface area contributed by atoms with Crippen LogP contribution in [0.15, 0.2) is 72.8 Å². The molecule has 4 bridgehead atoms. The number of hydrogen-bond donors (Lipinski definition) is 1. The maximum atomic E-state index is 13.1. The van der Waals surface area contributed by atoms with Gasteiger partial charge < -0.3 is 15.0 Å². The molecule has 1 N–H and O–H groups in total. The highest BCUT2D eigenvalue weighted by Gasteiger charge is 2.58. The second-order valence-electron chi connectivity index (χ2n) is 10.9. The number of carbonyl (C=O) groups is 2. The molecule has 0 aromatic heterocycles. The van der Waals surface area contributed by atoms with Crippen molar-refractivity contribution in [1.82, 2.24) is 0 Å². The number of anilines is 3. The number of nitrogens with zero attached hydrogens (tertiary/aromatic N) is 1. The molecule has 5 nitrogen and oxygen atoms in total. The van der Waals surface area contributed by atoms with Gasteiger partial charge in [-0.1, -0.05) is 30.3 Å². The molecule has 3 aromatic carbocycles. The smallest absolute Gasteiger partial charge is 0.339 e. The molecule has 0 spiro atoms. The van der Waals surface area contributed by atoms with Crippen LogP contribution in [0.25, 0.3) is 0 Å². The lowest BCUT2D eigenvalue weighted by Gasteiger charge is -2.33. The van der Waals surface area contributed by atoms with E-state index in [1.165, 1.54) is 44.8 Å². The zero-order valence-corrected chi connectivity index (χ0v) is 20.9. The predicted octanol–water partition coefficient (Wildman–Crippen LogP) is 6.57. The van der Waals surface area contributed by atoms with Crippen molar-refractivity contribution in [3.63, 3.8) is 0 Å². The van der Waals surface area contributed by atoms with Crippen LogP contribution in [0.4, 0.5) is 17.1 Å². The van der Waals surface area contributed by atoms with Crippen LogP contribution in [0.2, 0.25) is 0 Å². The van der Waals surface area contributed by atoms with E-state index in [4.69, 9.17) is 4.74 Å². The lowest BCUT2D eigenvalue weighted by Crippen LogP contribution is -2.27. The van der Waals surface area contributed by atoms with Crippen LogP contribution >= 0.6 is 0 Å². The van der Waals surface area contributed by atoms with Gasteiger partial charge in [0.1, 0.15) is 0 Å². The third-order valence-electron chi connectivity index (χ3n) is 8.87. The van der Waals surface area contributed by atoms with Gasteiger partial charge in [-0.25, -0.2) is 4.79 Å². The first kappa shape index (κ1) is 22.8. The van der Waals surface area contributed by atoms with E-state index in [0.29, 0.717) is 22.2 Å². The summed E-state index contributed by atoms with van der Waals surface area (Å²) in [7, 11) is 3.25. The lowest BCUT2D eigenvalue weighted by atomic mass is 9.71. The summed E-state index contributed by atoms with van der Waals surface area (Å²) in [5.41, 5.74) is 5.21. The molecule has 4 fully saturated rings. The zero-order valence-electron chi connectivity index (χ0n) is 20.9. The van der Waals surface area contributed by atoms with E-state index in [-0.39, 0.29) is 5.91 Å². The van der Waals surface area contributed by atoms with Gasteiger partial charge in [-0.3, -0.25) is 4.79 Å². The van der Waals surface area contributed by atoms with Gasteiger partial charge in [0.25, 0.3) is 5.91 Å². The first-order valence-electron chi connectivity index (χ1n) is 12.9. The van der Waals surface area contributed by atoms with Crippen molar-refractivity contribution in [2.75, 3.05) is 24.4 Å². The topological polar surface area (TPSA) is 58.6 Å². The number of hydrogen-bond acceptors (Lipinski definition) is 4. The van der Waals surface area contributed by atoms with Crippen molar-refractivity contribution in [3.05, 3.63) is 89.5 Å². The summed E-state index contributed by atoms with van der Waals surface area (Å²) in [5, 5.41) is 3.06. The Kier molecular flexibility index (Phi) is 5.59. The van der Waals surface area contributed by atoms with E-state index in [2.05, 4.69) is 29.6 Å². The van der Waals surface area contributed by atoms with Gasteiger partial charge in [0.05, 0.1) is 18.4 Å². The Morgan fingerprint density at radius 2 is 1.64 bits per heavy atom. The second kappa shape index (κ2) is 8.81. The fraction of sp³-hybridized carbons (Fsp3) is 0.355. The molecule has 184 valence electrons. The number of amides is 1. The third-order valence-corrected chi connectivity index (χ3v) is 8.87. The maximum absolute atomic E-state index is 13.1. The molecule has 7 rings (SSSR count). The lowest BCUT2D eigenvalue weighted by molar-refractivity contribution is 0.0601. The molecule has 2 atom stereocenters. The summed E-state index contributed by atoms with van der Waals surface area (Å²) in [4.78, 5) is 27.2.